The van der Waals surface area contributed by atoms with Crippen LogP contribution >= 0.6 is 0 Å². The molecule has 2 rings (SSSR count). The average Bonchev–Trinajstić information content (AvgIpc) is 2.79. The number of aromatic nitrogens is 1. The molecule has 0 fully saturated rings. The molecule has 1 heterocycles. The molecule has 110 valence electrons. The Kier molecular flexibility index (Phi) is 3.74. The van der Waals surface area contributed by atoms with Crippen molar-refractivity contribution in [3.63, 3.8) is 0 Å². The first-order valence-electron chi connectivity index (χ1n) is 5.82. The number of nitrogens with zero attached hydrogens (tertiary/aromatic N) is 2. The van der Waals surface area contributed by atoms with Crippen LogP contribution in [0.15, 0.2) is 22.6 Å². The lowest BCUT2D eigenvalue weighted by Crippen LogP contribution is -2.39. The molecule has 0 saturated heterocycles. The topological polar surface area (TPSA) is 153 Å². The number of nitrogens with two attached hydrogens (primary N) is 2. The van der Waals surface area contributed by atoms with Crippen LogP contribution in [0.4, 0.5) is 6.01 Å². The molecule has 0 spiro atoms. The van der Waals surface area contributed by atoms with Crippen molar-refractivity contribution in [3.8, 4) is 0 Å². The Morgan fingerprint density at radius 2 is 1.81 bits per heavy atom. The van der Waals surface area contributed by atoms with E-state index in [0.29, 0.717) is 5.52 Å². The lowest BCUT2D eigenvalue weighted by Gasteiger charge is -2.16. The zero-order valence-electron chi connectivity index (χ0n) is 10.8. The van der Waals surface area contributed by atoms with Gasteiger partial charge in [0.1, 0.15) is 18.6 Å². The van der Waals surface area contributed by atoms with Gasteiger partial charge in [-0.3, -0.25) is 9.59 Å². The van der Waals surface area contributed by atoms with Crippen LogP contribution in [0.25, 0.3) is 11.1 Å². The molecule has 0 aliphatic heterocycles. The number of benzene rings is 1. The molecule has 1 aromatic carbocycles. The summed E-state index contributed by atoms with van der Waals surface area (Å²) in [5.74, 6) is -2.49. The predicted molar refractivity (Wildman–Crippen MR) is 71.6 cm³/mol. The normalized spacial score (nSPS) is 10.5. The third-order valence-electron chi connectivity index (χ3n) is 2.59. The third-order valence-corrected chi connectivity index (χ3v) is 2.59. The van der Waals surface area contributed by atoms with Crippen LogP contribution in [0.3, 0.4) is 0 Å². The second-order valence-electron chi connectivity index (χ2n) is 4.27. The number of hydrogen-bond donors (Lipinski definition) is 3. The van der Waals surface area contributed by atoms with Crippen LogP contribution in [0.5, 0.6) is 0 Å². The molecule has 0 aliphatic rings. The summed E-state index contributed by atoms with van der Waals surface area (Å²) in [5, 5.41) is 8.90. The van der Waals surface area contributed by atoms with E-state index in [2.05, 4.69) is 4.98 Å². The maximum absolute atomic E-state index is 11.0. The summed E-state index contributed by atoms with van der Waals surface area (Å²) in [7, 11) is 0. The Hall–Kier alpha value is -3.10. The fourth-order valence-electron chi connectivity index (χ4n) is 1.75. The molecular formula is C12H12N4O5. The second-order valence-corrected chi connectivity index (χ2v) is 4.27. The Bertz CT molecular complexity index is 708. The first-order valence-corrected chi connectivity index (χ1v) is 5.82. The number of rotatable bonds is 6. The van der Waals surface area contributed by atoms with Gasteiger partial charge in [-0.25, -0.2) is 4.79 Å². The van der Waals surface area contributed by atoms with Crippen molar-refractivity contribution in [2.75, 3.05) is 18.0 Å². The molecule has 0 radical (unpaired) electrons. The van der Waals surface area contributed by atoms with Gasteiger partial charge in [0.25, 0.3) is 6.01 Å². The van der Waals surface area contributed by atoms with Gasteiger partial charge < -0.3 is 25.9 Å². The van der Waals surface area contributed by atoms with E-state index >= 15 is 0 Å². The molecule has 9 heteroatoms. The molecule has 2 amide bonds. The van der Waals surface area contributed by atoms with E-state index in [1.54, 1.807) is 0 Å². The van der Waals surface area contributed by atoms with Gasteiger partial charge in [-0.15, -0.1) is 0 Å². The van der Waals surface area contributed by atoms with Gasteiger partial charge in [0.2, 0.25) is 11.8 Å². The number of oxazole rings is 1. The second kappa shape index (κ2) is 5.49. The molecule has 5 N–H and O–H groups in total. The Labute approximate surface area is 118 Å². The highest BCUT2D eigenvalue weighted by atomic mass is 16.4. The summed E-state index contributed by atoms with van der Waals surface area (Å²) >= 11 is 0. The number of anilines is 1. The number of carbonyl (C=O) groups is 3. The molecule has 0 saturated carbocycles. The lowest BCUT2D eigenvalue weighted by atomic mass is 10.2. The highest BCUT2D eigenvalue weighted by Crippen LogP contribution is 2.22. The summed E-state index contributed by atoms with van der Waals surface area (Å²) < 4.78 is 5.36. The molecular weight excluding hydrogens is 280 g/mol. The van der Waals surface area contributed by atoms with E-state index in [9.17, 15) is 14.4 Å². The summed E-state index contributed by atoms with van der Waals surface area (Å²) in [4.78, 5) is 38.1. The Balaban J connectivity index is 2.40. The van der Waals surface area contributed by atoms with Crippen molar-refractivity contribution < 1.29 is 23.9 Å². The quantitative estimate of drug-likeness (QED) is 0.636. The van der Waals surface area contributed by atoms with Gasteiger partial charge in [-0.1, -0.05) is 0 Å². The first-order chi connectivity index (χ1) is 9.86. The largest absolute Gasteiger partial charge is 0.478 e. The molecule has 9 nitrogen and oxygen atoms in total. The highest BCUT2D eigenvalue weighted by Gasteiger charge is 2.18. The van der Waals surface area contributed by atoms with E-state index < -0.39 is 17.8 Å². The SMILES string of the molecule is NC(=O)CN(CC(N)=O)c1nc2ccc(C(=O)O)cc2o1. The smallest absolute Gasteiger partial charge is 0.335 e. The average molecular weight is 292 g/mol. The van der Waals surface area contributed by atoms with Crippen molar-refractivity contribution >= 4 is 34.9 Å². The minimum Gasteiger partial charge on any atom is -0.478 e. The van der Waals surface area contributed by atoms with E-state index in [0.717, 1.165) is 0 Å². The van der Waals surface area contributed by atoms with Crippen LogP contribution in [-0.4, -0.2) is 41.0 Å². The van der Waals surface area contributed by atoms with Gasteiger partial charge in [-0.05, 0) is 18.2 Å². The number of carbonyl (C=O) groups excluding carboxylic acids is 2. The van der Waals surface area contributed by atoms with Crippen LogP contribution in [-0.2, 0) is 9.59 Å². The van der Waals surface area contributed by atoms with Crippen molar-refractivity contribution in [1.82, 2.24) is 4.98 Å². The Morgan fingerprint density at radius 3 is 2.33 bits per heavy atom. The van der Waals surface area contributed by atoms with Gasteiger partial charge >= 0.3 is 5.97 Å². The number of amides is 2. The third kappa shape index (κ3) is 3.26. The Morgan fingerprint density at radius 1 is 1.19 bits per heavy atom. The molecule has 21 heavy (non-hydrogen) atoms. The van der Waals surface area contributed by atoms with E-state index in [-0.39, 0.29) is 30.3 Å². The zero-order valence-corrected chi connectivity index (χ0v) is 10.8. The van der Waals surface area contributed by atoms with Crippen molar-refractivity contribution in [2.45, 2.75) is 0 Å². The van der Waals surface area contributed by atoms with E-state index in [1.807, 2.05) is 0 Å². The zero-order chi connectivity index (χ0) is 15.6. The molecule has 1 aromatic heterocycles. The monoisotopic (exact) mass is 292 g/mol. The summed E-state index contributed by atoms with van der Waals surface area (Å²) in [6, 6.07) is 4.08. The van der Waals surface area contributed by atoms with Gasteiger partial charge in [0.15, 0.2) is 5.58 Å². The first kappa shape index (κ1) is 14.3. The van der Waals surface area contributed by atoms with E-state index in [4.69, 9.17) is 21.0 Å². The number of carboxylic acids is 1. The minimum absolute atomic E-state index is 0.0292. The number of primary amides is 2. The maximum atomic E-state index is 11.0. The van der Waals surface area contributed by atoms with Crippen LogP contribution in [0.2, 0.25) is 0 Å². The van der Waals surface area contributed by atoms with Crippen molar-refractivity contribution in [2.24, 2.45) is 11.5 Å². The van der Waals surface area contributed by atoms with Gasteiger partial charge in [0, 0.05) is 0 Å². The fraction of sp³-hybridized carbons (Fsp3) is 0.167. The molecule has 0 atom stereocenters. The number of hydrogen-bond acceptors (Lipinski definition) is 6. The number of carboxylic acid groups (broad SMARTS) is 1. The van der Waals surface area contributed by atoms with Gasteiger partial charge in [-0.2, -0.15) is 4.98 Å². The molecule has 2 aromatic rings. The molecule has 0 aliphatic carbocycles. The maximum Gasteiger partial charge on any atom is 0.335 e. The van der Waals surface area contributed by atoms with Gasteiger partial charge in [0.05, 0.1) is 5.56 Å². The number of fused-ring (bicyclic) bond motifs is 1. The van der Waals surface area contributed by atoms with Crippen molar-refractivity contribution in [1.29, 1.82) is 0 Å². The standard InChI is InChI=1S/C12H12N4O5/c13-9(17)4-16(5-10(14)18)12-15-7-2-1-6(11(19)20)3-8(7)21-12/h1-3H,4-5H2,(H2,13,17)(H2,14,18)(H,19,20). The summed E-state index contributed by atoms with van der Waals surface area (Å²) in [6.45, 7) is -0.608. The van der Waals surface area contributed by atoms with E-state index in [1.165, 1.54) is 23.1 Å². The minimum atomic E-state index is -1.11. The molecule has 0 unspecified atom stereocenters. The van der Waals surface area contributed by atoms with Crippen molar-refractivity contribution in [3.05, 3.63) is 23.8 Å². The highest BCUT2D eigenvalue weighted by molar-refractivity contribution is 5.92. The fourth-order valence-corrected chi connectivity index (χ4v) is 1.75. The molecule has 0 bridgehead atoms. The number of aromatic carboxylic acids is 1. The van der Waals surface area contributed by atoms with Crippen LogP contribution < -0.4 is 16.4 Å². The predicted octanol–water partition coefficient (Wildman–Crippen LogP) is -0.697. The lowest BCUT2D eigenvalue weighted by molar-refractivity contribution is -0.117. The van der Waals surface area contributed by atoms with Crippen LogP contribution in [0.1, 0.15) is 10.4 Å². The van der Waals surface area contributed by atoms with Crippen LogP contribution in [0, 0.1) is 0 Å². The summed E-state index contributed by atoms with van der Waals surface area (Å²) in [6.07, 6.45) is 0. The summed E-state index contributed by atoms with van der Waals surface area (Å²) in [5.41, 5.74) is 10.8.